The lowest BCUT2D eigenvalue weighted by Crippen LogP contribution is -2.29. The third-order valence-electron chi connectivity index (χ3n) is 2.79. The first-order valence-corrected chi connectivity index (χ1v) is 7.40. The number of hydrogen-bond acceptors (Lipinski definition) is 3. The van der Waals surface area contributed by atoms with E-state index in [0.717, 1.165) is 9.87 Å². The predicted molar refractivity (Wildman–Crippen MR) is 77.9 cm³/mol. The molecule has 6 heteroatoms. The zero-order chi connectivity index (χ0) is 14.8. The number of nitrogens with one attached hydrogen (secondary N) is 1. The molecule has 19 heavy (non-hydrogen) atoms. The molecule has 0 saturated carbocycles. The number of benzene rings is 1. The van der Waals surface area contributed by atoms with Crippen molar-refractivity contribution in [1.82, 2.24) is 4.31 Å². The fourth-order valence-corrected chi connectivity index (χ4v) is 2.10. The average Bonchev–Trinajstić information content (AvgIpc) is 2.27. The Kier molecular flexibility index (Phi) is 4.47. The molecule has 0 radical (unpaired) electrons. The van der Waals surface area contributed by atoms with Crippen molar-refractivity contribution in [3.8, 4) is 5.75 Å². The molecule has 0 fully saturated rings. The van der Waals surface area contributed by atoms with Gasteiger partial charge in [0.2, 0.25) is 0 Å². The molecule has 1 aromatic carbocycles. The zero-order valence-electron chi connectivity index (χ0n) is 12.3. The average molecular weight is 286 g/mol. The molecular formula is C13H22N2O3S. The van der Waals surface area contributed by atoms with Gasteiger partial charge in [0.25, 0.3) is 0 Å². The molecule has 1 aromatic rings. The normalized spacial score (nSPS) is 12.6. The smallest absolute Gasteiger partial charge is 0.301 e. The molecule has 5 nitrogen and oxygen atoms in total. The Morgan fingerprint density at radius 3 is 2.21 bits per heavy atom. The summed E-state index contributed by atoms with van der Waals surface area (Å²) in [6.07, 6.45) is 0. The van der Waals surface area contributed by atoms with Crippen LogP contribution in [0.25, 0.3) is 0 Å². The standard InChI is InChI=1S/C13H22N2O3S/c1-13(2,3)10-7-8-12(18-6)11(9-10)14-19(16,17)15(4)5/h7-9,14H,1-6H3. The van der Waals surface area contributed by atoms with E-state index in [2.05, 4.69) is 25.5 Å². The van der Waals surface area contributed by atoms with Crippen molar-refractivity contribution in [2.45, 2.75) is 26.2 Å². The summed E-state index contributed by atoms with van der Waals surface area (Å²) >= 11 is 0. The quantitative estimate of drug-likeness (QED) is 0.923. The molecule has 0 aliphatic carbocycles. The van der Waals surface area contributed by atoms with Crippen LogP contribution >= 0.6 is 0 Å². The van der Waals surface area contributed by atoms with Gasteiger partial charge in [0.1, 0.15) is 5.75 Å². The van der Waals surface area contributed by atoms with E-state index in [9.17, 15) is 8.42 Å². The Labute approximate surface area is 115 Å². The zero-order valence-corrected chi connectivity index (χ0v) is 13.1. The fraction of sp³-hybridized carbons (Fsp3) is 0.538. The van der Waals surface area contributed by atoms with Gasteiger partial charge in [-0.2, -0.15) is 12.7 Å². The number of nitrogens with zero attached hydrogens (tertiary/aromatic N) is 1. The Hall–Kier alpha value is -1.27. The minimum absolute atomic E-state index is 0.0649. The van der Waals surface area contributed by atoms with E-state index in [1.165, 1.54) is 21.2 Å². The highest BCUT2D eigenvalue weighted by atomic mass is 32.2. The molecule has 0 saturated heterocycles. The number of anilines is 1. The molecule has 0 bridgehead atoms. The molecule has 1 N–H and O–H groups in total. The van der Waals surface area contributed by atoms with E-state index >= 15 is 0 Å². The van der Waals surface area contributed by atoms with Crippen LogP contribution in [0.2, 0.25) is 0 Å². The highest BCUT2D eigenvalue weighted by molar-refractivity contribution is 7.90. The first-order chi connectivity index (χ1) is 8.58. The third kappa shape index (κ3) is 3.84. The van der Waals surface area contributed by atoms with Crippen molar-refractivity contribution >= 4 is 15.9 Å². The van der Waals surface area contributed by atoms with Crippen LogP contribution in [-0.4, -0.2) is 33.9 Å². The van der Waals surface area contributed by atoms with E-state index in [4.69, 9.17) is 4.74 Å². The summed E-state index contributed by atoms with van der Waals surface area (Å²) < 4.78 is 32.6. The van der Waals surface area contributed by atoms with Gasteiger partial charge in [0, 0.05) is 14.1 Å². The summed E-state index contributed by atoms with van der Waals surface area (Å²) in [6, 6.07) is 5.51. The first kappa shape index (κ1) is 15.8. The predicted octanol–water partition coefficient (Wildman–Crippen LogP) is 2.21. The van der Waals surface area contributed by atoms with Gasteiger partial charge >= 0.3 is 10.2 Å². The van der Waals surface area contributed by atoms with Crippen LogP contribution in [0, 0.1) is 0 Å². The number of ether oxygens (including phenoxy) is 1. The number of rotatable bonds is 4. The van der Waals surface area contributed by atoms with Crippen LogP contribution in [0.4, 0.5) is 5.69 Å². The topological polar surface area (TPSA) is 58.6 Å². The van der Waals surface area contributed by atoms with E-state index in [-0.39, 0.29) is 5.41 Å². The van der Waals surface area contributed by atoms with Crippen LogP contribution in [0.5, 0.6) is 5.75 Å². The lowest BCUT2D eigenvalue weighted by atomic mass is 9.87. The lowest BCUT2D eigenvalue weighted by molar-refractivity contribution is 0.416. The van der Waals surface area contributed by atoms with E-state index in [1.807, 2.05) is 6.07 Å². The number of methoxy groups -OCH3 is 1. The first-order valence-electron chi connectivity index (χ1n) is 5.96. The Morgan fingerprint density at radius 1 is 1.21 bits per heavy atom. The van der Waals surface area contributed by atoms with Crippen LogP contribution in [0.1, 0.15) is 26.3 Å². The summed E-state index contributed by atoms with van der Waals surface area (Å²) in [5.41, 5.74) is 1.42. The van der Waals surface area contributed by atoms with E-state index in [1.54, 1.807) is 12.1 Å². The summed E-state index contributed by atoms with van der Waals surface area (Å²) in [4.78, 5) is 0. The molecule has 0 heterocycles. The molecule has 0 aromatic heterocycles. The van der Waals surface area contributed by atoms with Gasteiger partial charge in [-0.25, -0.2) is 0 Å². The van der Waals surface area contributed by atoms with Gasteiger partial charge in [-0.15, -0.1) is 0 Å². The van der Waals surface area contributed by atoms with Crippen molar-refractivity contribution in [2.24, 2.45) is 0 Å². The van der Waals surface area contributed by atoms with Gasteiger partial charge in [-0.1, -0.05) is 26.8 Å². The monoisotopic (exact) mass is 286 g/mol. The van der Waals surface area contributed by atoms with Crippen molar-refractivity contribution in [1.29, 1.82) is 0 Å². The van der Waals surface area contributed by atoms with Crippen molar-refractivity contribution in [3.05, 3.63) is 23.8 Å². The van der Waals surface area contributed by atoms with E-state index in [0.29, 0.717) is 11.4 Å². The maximum Gasteiger partial charge on any atom is 0.301 e. The van der Waals surface area contributed by atoms with Gasteiger partial charge in [0.05, 0.1) is 12.8 Å². The molecule has 1 rings (SSSR count). The lowest BCUT2D eigenvalue weighted by Gasteiger charge is -2.22. The molecular weight excluding hydrogens is 264 g/mol. The second-order valence-corrected chi connectivity index (χ2v) is 7.44. The highest BCUT2D eigenvalue weighted by Crippen LogP contribution is 2.32. The van der Waals surface area contributed by atoms with Crippen molar-refractivity contribution in [3.63, 3.8) is 0 Å². The largest absolute Gasteiger partial charge is 0.495 e. The van der Waals surface area contributed by atoms with Crippen LogP contribution < -0.4 is 9.46 Å². The van der Waals surface area contributed by atoms with Crippen molar-refractivity contribution in [2.75, 3.05) is 25.9 Å². The molecule has 0 unspecified atom stereocenters. The van der Waals surface area contributed by atoms with Gasteiger partial charge in [0.15, 0.2) is 0 Å². The molecule has 0 spiro atoms. The van der Waals surface area contributed by atoms with Crippen molar-refractivity contribution < 1.29 is 13.2 Å². The molecule has 0 amide bonds. The Morgan fingerprint density at radius 2 is 1.79 bits per heavy atom. The molecule has 0 atom stereocenters. The third-order valence-corrected chi connectivity index (χ3v) is 4.22. The van der Waals surface area contributed by atoms with Gasteiger partial charge < -0.3 is 4.74 Å². The molecule has 108 valence electrons. The summed E-state index contributed by atoms with van der Waals surface area (Å²) in [7, 11) is 0.920. The Bertz CT molecular complexity index is 545. The van der Waals surface area contributed by atoms with E-state index < -0.39 is 10.2 Å². The van der Waals surface area contributed by atoms with Crippen LogP contribution in [0.3, 0.4) is 0 Å². The fourth-order valence-electron chi connectivity index (χ4n) is 1.48. The second-order valence-electron chi connectivity index (χ2n) is 5.55. The number of hydrogen-bond donors (Lipinski definition) is 1. The van der Waals surface area contributed by atoms with Gasteiger partial charge in [-0.05, 0) is 23.1 Å². The minimum Gasteiger partial charge on any atom is -0.495 e. The summed E-state index contributed by atoms with van der Waals surface area (Å²) in [6.45, 7) is 6.21. The molecule has 0 aliphatic rings. The second kappa shape index (κ2) is 5.38. The molecule has 0 aliphatic heterocycles. The Balaban J connectivity index is 3.25. The maximum absolute atomic E-state index is 11.9. The van der Waals surface area contributed by atoms with Crippen LogP contribution in [-0.2, 0) is 15.6 Å². The summed E-state index contributed by atoms with van der Waals surface area (Å²) in [5.74, 6) is 0.499. The maximum atomic E-state index is 11.9. The van der Waals surface area contributed by atoms with Gasteiger partial charge in [-0.3, -0.25) is 4.72 Å². The SMILES string of the molecule is COc1ccc(C(C)(C)C)cc1NS(=O)(=O)N(C)C. The highest BCUT2D eigenvalue weighted by Gasteiger charge is 2.19. The van der Waals surface area contributed by atoms with Crippen LogP contribution in [0.15, 0.2) is 18.2 Å². The minimum atomic E-state index is -3.54. The summed E-state index contributed by atoms with van der Waals surface area (Å²) in [5, 5.41) is 0.